The highest BCUT2D eigenvalue weighted by Gasteiger charge is 2.50. The second-order valence-corrected chi connectivity index (χ2v) is 4.20. The lowest BCUT2D eigenvalue weighted by Crippen LogP contribution is -2.35. The molecule has 0 saturated heterocycles. The summed E-state index contributed by atoms with van der Waals surface area (Å²) in [6.07, 6.45) is 2.98. The lowest BCUT2D eigenvalue weighted by molar-refractivity contribution is -0.123. The smallest absolute Gasteiger partial charge is 0.230 e. The van der Waals surface area contributed by atoms with Crippen LogP contribution in [0.4, 0.5) is 0 Å². The van der Waals surface area contributed by atoms with Crippen molar-refractivity contribution in [1.82, 2.24) is 5.32 Å². The van der Waals surface area contributed by atoms with Crippen molar-refractivity contribution in [2.45, 2.75) is 31.6 Å². The highest BCUT2D eigenvalue weighted by Crippen LogP contribution is 2.48. The van der Waals surface area contributed by atoms with Gasteiger partial charge < -0.3 is 5.32 Å². The van der Waals surface area contributed by atoms with Gasteiger partial charge in [-0.2, -0.15) is 0 Å². The summed E-state index contributed by atoms with van der Waals surface area (Å²) >= 11 is 0. The molecular weight excluding hydrogens is 186 g/mol. The summed E-state index contributed by atoms with van der Waals surface area (Å²) in [7, 11) is 0. The minimum atomic E-state index is -0.198. The SMILES string of the molecule is CCCNC(=O)C1(c2ccccc2)CC1. The normalized spacial score (nSPS) is 17.1. The molecule has 2 heteroatoms. The van der Waals surface area contributed by atoms with E-state index in [0.29, 0.717) is 0 Å². The van der Waals surface area contributed by atoms with E-state index < -0.39 is 0 Å². The lowest BCUT2D eigenvalue weighted by atomic mass is 9.95. The maximum atomic E-state index is 12.0. The Hall–Kier alpha value is -1.31. The molecule has 1 aliphatic rings. The van der Waals surface area contributed by atoms with E-state index in [1.54, 1.807) is 0 Å². The zero-order valence-electron chi connectivity index (χ0n) is 9.12. The van der Waals surface area contributed by atoms with E-state index in [-0.39, 0.29) is 11.3 Å². The van der Waals surface area contributed by atoms with Crippen molar-refractivity contribution in [3.8, 4) is 0 Å². The maximum absolute atomic E-state index is 12.0. The van der Waals surface area contributed by atoms with E-state index in [9.17, 15) is 4.79 Å². The molecule has 0 spiro atoms. The van der Waals surface area contributed by atoms with E-state index >= 15 is 0 Å². The van der Waals surface area contributed by atoms with Gasteiger partial charge in [0.15, 0.2) is 0 Å². The van der Waals surface area contributed by atoms with Gasteiger partial charge >= 0.3 is 0 Å². The zero-order valence-corrected chi connectivity index (χ0v) is 9.12. The van der Waals surface area contributed by atoms with Crippen molar-refractivity contribution in [3.05, 3.63) is 35.9 Å². The van der Waals surface area contributed by atoms with E-state index in [1.165, 1.54) is 5.56 Å². The quantitative estimate of drug-likeness (QED) is 0.799. The van der Waals surface area contributed by atoms with Crippen molar-refractivity contribution in [1.29, 1.82) is 0 Å². The number of amides is 1. The molecule has 0 unspecified atom stereocenters. The molecule has 0 atom stereocenters. The number of nitrogens with one attached hydrogen (secondary N) is 1. The van der Waals surface area contributed by atoms with Crippen molar-refractivity contribution in [3.63, 3.8) is 0 Å². The first kappa shape index (κ1) is 10.2. The van der Waals surface area contributed by atoms with E-state index in [4.69, 9.17) is 0 Å². The van der Waals surface area contributed by atoms with Crippen LogP contribution in [0, 0.1) is 0 Å². The zero-order chi connectivity index (χ0) is 10.7. The Kier molecular flexibility index (Phi) is 2.76. The van der Waals surface area contributed by atoms with Crippen molar-refractivity contribution in [2.24, 2.45) is 0 Å². The third kappa shape index (κ3) is 1.89. The summed E-state index contributed by atoms with van der Waals surface area (Å²) in [5.74, 6) is 0.204. The van der Waals surface area contributed by atoms with Crippen LogP contribution in [0.2, 0.25) is 0 Å². The van der Waals surface area contributed by atoms with Gasteiger partial charge in [-0.1, -0.05) is 37.3 Å². The van der Waals surface area contributed by atoms with Gasteiger partial charge in [-0.05, 0) is 24.8 Å². The Morgan fingerprint density at radius 3 is 2.53 bits per heavy atom. The van der Waals surface area contributed by atoms with Crippen LogP contribution in [0.3, 0.4) is 0 Å². The molecule has 0 heterocycles. The second kappa shape index (κ2) is 4.05. The summed E-state index contributed by atoms with van der Waals surface area (Å²) in [4.78, 5) is 12.0. The molecule has 0 aromatic heterocycles. The van der Waals surface area contributed by atoms with Gasteiger partial charge in [0.05, 0.1) is 5.41 Å². The van der Waals surface area contributed by atoms with Crippen LogP contribution >= 0.6 is 0 Å². The van der Waals surface area contributed by atoms with Gasteiger partial charge in [-0.15, -0.1) is 0 Å². The molecule has 1 aromatic carbocycles. The molecule has 0 aliphatic heterocycles. The fourth-order valence-electron chi connectivity index (χ4n) is 1.94. The summed E-state index contributed by atoms with van der Waals surface area (Å²) < 4.78 is 0. The minimum Gasteiger partial charge on any atom is -0.355 e. The fraction of sp³-hybridized carbons (Fsp3) is 0.462. The van der Waals surface area contributed by atoms with Gasteiger partial charge in [0, 0.05) is 6.54 Å². The second-order valence-electron chi connectivity index (χ2n) is 4.20. The monoisotopic (exact) mass is 203 g/mol. The molecule has 0 bridgehead atoms. The Balaban J connectivity index is 2.11. The maximum Gasteiger partial charge on any atom is 0.230 e. The van der Waals surface area contributed by atoms with Crippen molar-refractivity contribution in [2.75, 3.05) is 6.54 Å². The molecule has 1 saturated carbocycles. The Labute approximate surface area is 90.7 Å². The number of hydrogen-bond donors (Lipinski definition) is 1. The molecular formula is C13H17NO. The van der Waals surface area contributed by atoms with Gasteiger partial charge in [0.1, 0.15) is 0 Å². The molecule has 15 heavy (non-hydrogen) atoms. The number of benzene rings is 1. The third-order valence-electron chi connectivity index (χ3n) is 3.05. The van der Waals surface area contributed by atoms with E-state index in [2.05, 4.69) is 24.4 Å². The van der Waals surface area contributed by atoms with Crippen LogP contribution < -0.4 is 5.32 Å². The summed E-state index contributed by atoms with van der Waals surface area (Å²) in [5.41, 5.74) is 0.967. The van der Waals surface area contributed by atoms with Gasteiger partial charge in [0.25, 0.3) is 0 Å². The van der Waals surface area contributed by atoms with Crippen molar-refractivity contribution < 1.29 is 4.79 Å². The Morgan fingerprint density at radius 1 is 1.33 bits per heavy atom. The third-order valence-corrected chi connectivity index (χ3v) is 3.05. The van der Waals surface area contributed by atoms with Gasteiger partial charge in [-0.3, -0.25) is 4.79 Å². The van der Waals surface area contributed by atoms with Crippen LogP contribution in [0.25, 0.3) is 0 Å². The molecule has 1 aromatic rings. The molecule has 0 radical (unpaired) electrons. The standard InChI is InChI=1S/C13H17NO/c1-2-10-14-12(15)13(8-9-13)11-6-4-3-5-7-11/h3-7H,2,8-10H2,1H3,(H,14,15). The fourth-order valence-corrected chi connectivity index (χ4v) is 1.94. The number of rotatable bonds is 4. The average Bonchev–Trinajstić information content (AvgIpc) is 3.08. The number of hydrogen-bond acceptors (Lipinski definition) is 1. The average molecular weight is 203 g/mol. The molecule has 1 amide bonds. The summed E-state index contributed by atoms with van der Waals surface area (Å²) in [5, 5.41) is 2.99. The van der Waals surface area contributed by atoms with Crippen LogP contribution in [-0.4, -0.2) is 12.5 Å². The largest absolute Gasteiger partial charge is 0.355 e. The Morgan fingerprint density at radius 2 is 2.00 bits per heavy atom. The van der Waals surface area contributed by atoms with Crippen LogP contribution in [0.1, 0.15) is 31.7 Å². The molecule has 2 nitrogen and oxygen atoms in total. The first-order valence-electron chi connectivity index (χ1n) is 5.63. The van der Waals surface area contributed by atoms with Gasteiger partial charge in [-0.25, -0.2) is 0 Å². The lowest BCUT2D eigenvalue weighted by Gasteiger charge is -2.15. The van der Waals surface area contributed by atoms with Crippen molar-refractivity contribution >= 4 is 5.91 Å². The highest BCUT2D eigenvalue weighted by atomic mass is 16.2. The highest BCUT2D eigenvalue weighted by molar-refractivity contribution is 5.91. The predicted molar refractivity (Wildman–Crippen MR) is 60.7 cm³/mol. The first-order chi connectivity index (χ1) is 7.29. The molecule has 2 rings (SSSR count). The van der Waals surface area contributed by atoms with Crippen LogP contribution in [0.5, 0.6) is 0 Å². The predicted octanol–water partition coefficient (Wildman–Crippen LogP) is 2.24. The van der Waals surface area contributed by atoms with E-state index in [0.717, 1.165) is 25.8 Å². The number of carbonyl (C=O) groups excluding carboxylic acids is 1. The Bertz CT molecular complexity index is 341. The van der Waals surface area contributed by atoms with Crippen LogP contribution in [0.15, 0.2) is 30.3 Å². The van der Waals surface area contributed by atoms with Gasteiger partial charge in [0.2, 0.25) is 5.91 Å². The molecule has 1 fully saturated rings. The van der Waals surface area contributed by atoms with E-state index in [1.807, 2.05) is 18.2 Å². The van der Waals surface area contributed by atoms with Crippen LogP contribution in [-0.2, 0) is 10.2 Å². The molecule has 1 aliphatic carbocycles. The summed E-state index contributed by atoms with van der Waals surface area (Å²) in [6, 6.07) is 10.1. The minimum absolute atomic E-state index is 0.198. The summed E-state index contributed by atoms with van der Waals surface area (Å²) in [6.45, 7) is 2.86. The number of carbonyl (C=O) groups is 1. The molecule has 1 N–H and O–H groups in total. The molecule has 80 valence electrons. The first-order valence-corrected chi connectivity index (χ1v) is 5.63. The topological polar surface area (TPSA) is 29.1 Å².